The molecule has 0 saturated carbocycles. The number of H-pyrrole nitrogens is 2. The minimum Gasteiger partial charge on any atom is -0.319 e. The topological polar surface area (TPSA) is 90.6 Å². The van der Waals surface area contributed by atoms with E-state index in [0.717, 1.165) is 5.56 Å². The Balaban J connectivity index is 2.16. The fourth-order valence-corrected chi connectivity index (χ4v) is 1.29. The zero-order valence-corrected chi connectivity index (χ0v) is 8.57. The Bertz CT molecular complexity index is 570. The largest absolute Gasteiger partial charge is 0.341 e. The lowest BCUT2D eigenvalue weighted by Crippen LogP contribution is -2.14. The average molecular weight is 218 g/mol. The van der Waals surface area contributed by atoms with Gasteiger partial charge in [0.1, 0.15) is 0 Å². The zero-order chi connectivity index (χ0) is 11.5. The summed E-state index contributed by atoms with van der Waals surface area (Å²) in [6.07, 6.45) is 0. The highest BCUT2D eigenvalue weighted by molar-refractivity contribution is 6.01. The molecule has 1 aromatic heterocycles. The van der Waals surface area contributed by atoms with E-state index in [1.807, 2.05) is 25.1 Å². The molecule has 3 N–H and O–H groups in total. The number of aromatic amines is 2. The summed E-state index contributed by atoms with van der Waals surface area (Å²) < 4.78 is 0. The van der Waals surface area contributed by atoms with Gasteiger partial charge in [-0.2, -0.15) is 0 Å². The van der Waals surface area contributed by atoms with Crippen molar-refractivity contribution in [2.45, 2.75) is 6.92 Å². The van der Waals surface area contributed by atoms with Crippen LogP contribution in [0.3, 0.4) is 0 Å². The molecule has 0 atom stereocenters. The summed E-state index contributed by atoms with van der Waals surface area (Å²) in [6, 6.07) is 7.34. The van der Waals surface area contributed by atoms with Crippen molar-refractivity contribution in [3.63, 3.8) is 0 Å². The van der Waals surface area contributed by atoms with Crippen molar-refractivity contribution in [1.82, 2.24) is 15.2 Å². The molecule has 16 heavy (non-hydrogen) atoms. The van der Waals surface area contributed by atoms with Crippen LogP contribution in [0.15, 0.2) is 29.1 Å². The van der Waals surface area contributed by atoms with E-state index in [9.17, 15) is 9.59 Å². The van der Waals surface area contributed by atoms with Crippen LogP contribution in [-0.4, -0.2) is 21.1 Å². The number of carbonyl (C=O) groups is 1. The van der Waals surface area contributed by atoms with Gasteiger partial charge in [0.05, 0.1) is 0 Å². The first kappa shape index (κ1) is 10.2. The van der Waals surface area contributed by atoms with Gasteiger partial charge in [-0.1, -0.05) is 12.1 Å². The number of nitrogens with one attached hydrogen (secondary N) is 3. The van der Waals surface area contributed by atoms with Gasteiger partial charge in [0.25, 0.3) is 5.91 Å². The smallest absolute Gasteiger partial charge is 0.319 e. The molecule has 2 aromatic rings. The molecule has 1 aromatic carbocycles. The summed E-state index contributed by atoms with van der Waals surface area (Å²) >= 11 is 0. The molecule has 0 saturated heterocycles. The van der Waals surface area contributed by atoms with Crippen molar-refractivity contribution in [3.05, 3.63) is 46.1 Å². The van der Waals surface area contributed by atoms with Gasteiger partial charge in [0.15, 0.2) is 0 Å². The molecule has 1 heterocycles. The van der Waals surface area contributed by atoms with Crippen molar-refractivity contribution < 1.29 is 4.79 Å². The molecule has 0 aliphatic rings. The third-order valence-corrected chi connectivity index (χ3v) is 1.99. The Morgan fingerprint density at radius 2 is 2.25 bits per heavy atom. The van der Waals surface area contributed by atoms with Crippen LogP contribution in [0, 0.1) is 6.92 Å². The molecule has 0 fully saturated rings. The molecule has 0 radical (unpaired) electrons. The van der Waals surface area contributed by atoms with Gasteiger partial charge in [-0.3, -0.25) is 9.78 Å². The summed E-state index contributed by atoms with van der Waals surface area (Å²) in [5.74, 6) is -0.490. The van der Waals surface area contributed by atoms with Crippen LogP contribution in [0.4, 0.5) is 5.69 Å². The van der Waals surface area contributed by atoms with Gasteiger partial charge >= 0.3 is 5.69 Å². The first-order chi connectivity index (χ1) is 7.65. The predicted molar refractivity (Wildman–Crippen MR) is 58.3 cm³/mol. The molecule has 0 unspecified atom stereocenters. The summed E-state index contributed by atoms with van der Waals surface area (Å²) in [6.45, 7) is 1.92. The Kier molecular flexibility index (Phi) is 2.55. The molecular weight excluding hydrogens is 208 g/mol. The Morgan fingerprint density at radius 1 is 1.44 bits per heavy atom. The number of aryl methyl sites for hydroxylation is 1. The van der Waals surface area contributed by atoms with Crippen molar-refractivity contribution in [1.29, 1.82) is 0 Å². The van der Waals surface area contributed by atoms with E-state index in [1.54, 1.807) is 6.07 Å². The van der Waals surface area contributed by atoms with Crippen LogP contribution in [0.25, 0.3) is 0 Å². The third kappa shape index (κ3) is 2.17. The van der Waals surface area contributed by atoms with E-state index in [1.165, 1.54) is 0 Å². The van der Waals surface area contributed by atoms with Crippen molar-refractivity contribution >= 4 is 11.6 Å². The Morgan fingerprint density at radius 3 is 2.88 bits per heavy atom. The van der Waals surface area contributed by atoms with Crippen LogP contribution in [-0.2, 0) is 0 Å². The first-order valence-corrected chi connectivity index (χ1v) is 4.68. The lowest BCUT2D eigenvalue weighted by atomic mass is 10.2. The standard InChI is InChI=1S/C10H10N4O2/c1-6-3-2-4-7(5-6)11-9(15)8-12-10(16)14-13-8/h2-5H,1H3,(H,11,15)(H2,12,13,14,16). The highest BCUT2D eigenvalue weighted by Gasteiger charge is 2.09. The van der Waals surface area contributed by atoms with E-state index < -0.39 is 11.6 Å². The van der Waals surface area contributed by atoms with Crippen LogP contribution in [0.5, 0.6) is 0 Å². The molecule has 0 bridgehead atoms. The molecule has 82 valence electrons. The normalized spacial score (nSPS) is 10.1. The predicted octanol–water partition coefficient (Wildman–Crippen LogP) is 0.659. The highest BCUT2D eigenvalue weighted by Crippen LogP contribution is 2.09. The second-order valence-electron chi connectivity index (χ2n) is 3.35. The fraction of sp³-hybridized carbons (Fsp3) is 0.100. The van der Waals surface area contributed by atoms with Crippen LogP contribution in [0.2, 0.25) is 0 Å². The van der Waals surface area contributed by atoms with Crippen LogP contribution >= 0.6 is 0 Å². The monoisotopic (exact) mass is 218 g/mol. The van der Waals surface area contributed by atoms with Gasteiger partial charge < -0.3 is 5.32 Å². The molecule has 6 nitrogen and oxygen atoms in total. The van der Waals surface area contributed by atoms with Crippen LogP contribution in [0.1, 0.15) is 16.2 Å². The first-order valence-electron chi connectivity index (χ1n) is 4.68. The summed E-state index contributed by atoms with van der Waals surface area (Å²) in [5.41, 5.74) is 1.19. The third-order valence-electron chi connectivity index (χ3n) is 1.99. The van der Waals surface area contributed by atoms with E-state index in [-0.39, 0.29) is 5.82 Å². The Hall–Kier alpha value is -2.37. The number of benzene rings is 1. The maximum atomic E-state index is 11.6. The second-order valence-corrected chi connectivity index (χ2v) is 3.35. The molecule has 2 rings (SSSR count). The van der Waals surface area contributed by atoms with E-state index in [2.05, 4.69) is 20.5 Å². The highest BCUT2D eigenvalue weighted by atomic mass is 16.2. The van der Waals surface area contributed by atoms with Crippen molar-refractivity contribution in [2.75, 3.05) is 5.32 Å². The Labute approximate surface area is 90.7 Å². The zero-order valence-electron chi connectivity index (χ0n) is 8.57. The lowest BCUT2D eigenvalue weighted by molar-refractivity contribution is 0.101. The molecule has 0 aliphatic heterocycles. The maximum Gasteiger partial charge on any atom is 0.341 e. The van der Waals surface area contributed by atoms with E-state index in [4.69, 9.17) is 0 Å². The summed E-state index contributed by atoms with van der Waals surface area (Å²) in [7, 11) is 0. The van der Waals surface area contributed by atoms with E-state index >= 15 is 0 Å². The number of rotatable bonds is 2. The number of anilines is 1. The summed E-state index contributed by atoms with van der Waals surface area (Å²) in [5, 5.41) is 8.27. The van der Waals surface area contributed by atoms with Gasteiger partial charge in [-0.25, -0.2) is 9.89 Å². The fourth-order valence-electron chi connectivity index (χ4n) is 1.29. The summed E-state index contributed by atoms with van der Waals surface area (Å²) in [4.78, 5) is 24.6. The van der Waals surface area contributed by atoms with Crippen molar-refractivity contribution in [2.24, 2.45) is 0 Å². The molecule has 0 spiro atoms. The molecular formula is C10H10N4O2. The van der Waals surface area contributed by atoms with Gasteiger partial charge in [-0.15, -0.1) is 5.10 Å². The lowest BCUT2D eigenvalue weighted by Gasteiger charge is -2.02. The minimum absolute atomic E-state index is 0.0356. The number of carbonyl (C=O) groups excluding carboxylic acids is 1. The number of aromatic nitrogens is 3. The number of hydrogen-bond donors (Lipinski definition) is 3. The van der Waals surface area contributed by atoms with Crippen molar-refractivity contribution in [3.8, 4) is 0 Å². The minimum atomic E-state index is -0.505. The maximum absolute atomic E-state index is 11.6. The quantitative estimate of drug-likeness (QED) is 0.691. The van der Waals surface area contributed by atoms with Gasteiger partial charge in [-0.05, 0) is 24.6 Å². The van der Waals surface area contributed by atoms with Gasteiger partial charge in [0, 0.05) is 5.69 Å². The van der Waals surface area contributed by atoms with E-state index in [0.29, 0.717) is 5.69 Å². The molecule has 6 heteroatoms. The SMILES string of the molecule is Cc1cccc(NC(=O)c2n[nH]c(=O)[nH]2)c1. The molecule has 1 amide bonds. The number of hydrogen-bond acceptors (Lipinski definition) is 3. The molecule has 0 aliphatic carbocycles. The van der Waals surface area contributed by atoms with Crippen LogP contribution < -0.4 is 11.0 Å². The van der Waals surface area contributed by atoms with Gasteiger partial charge in [0.2, 0.25) is 5.82 Å². The number of amides is 1. The number of nitrogens with zero attached hydrogens (tertiary/aromatic N) is 1. The average Bonchev–Trinajstić information content (AvgIpc) is 2.65. The second kappa shape index (κ2) is 4.01.